The first-order valence-electron chi connectivity index (χ1n) is 5.36. The molecule has 0 aliphatic heterocycles. The van der Waals surface area contributed by atoms with Crippen molar-refractivity contribution in [1.29, 1.82) is 5.26 Å². The molecule has 0 radical (unpaired) electrons. The van der Waals surface area contributed by atoms with Gasteiger partial charge in [-0.15, -0.1) is 0 Å². The third-order valence-corrected chi connectivity index (χ3v) is 4.26. The zero-order valence-corrected chi connectivity index (χ0v) is 12.4. The molecule has 0 unspecified atom stereocenters. The maximum absolute atomic E-state index is 12.2. The van der Waals surface area contributed by atoms with E-state index in [1.807, 2.05) is 6.07 Å². The molecule has 1 heterocycles. The number of nitrogens with two attached hydrogens (primary N) is 1. The molecule has 102 valence electrons. The number of benzene rings is 1. The standard InChI is InChI=1S/C12H9BrN4O2S/c13-9-1-4-12(16-7-9)17-20(18,19)11-3-2-10(15)5-8(11)6-14/h1-5,7H,15H2,(H,16,17). The van der Waals surface area contributed by atoms with E-state index in [4.69, 9.17) is 11.0 Å². The van der Waals surface area contributed by atoms with Crippen LogP contribution >= 0.6 is 15.9 Å². The van der Waals surface area contributed by atoms with Crippen molar-refractivity contribution in [3.8, 4) is 6.07 Å². The fourth-order valence-corrected chi connectivity index (χ4v) is 2.88. The number of aromatic nitrogens is 1. The molecule has 0 amide bonds. The minimum Gasteiger partial charge on any atom is -0.399 e. The van der Waals surface area contributed by atoms with Gasteiger partial charge in [0.1, 0.15) is 16.8 Å². The summed E-state index contributed by atoms with van der Waals surface area (Å²) >= 11 is 3.20. The van der Waals surface area contributed by atoms with Crippen LogP contribution < -0.4 is 10.5 Å². The maximum atomic E-state index is 12.2. The summed E-state index contributed by atoms with van der Waals surface area (Å²) in [4.78, 5) is 3.78. The number of sulfonamides is 1. The van der Waals surface area contributed by atoms with Gasteiger partial charge in [0.2, 0.25) is 0 Å². The number of halogens is 1. The third kappa shape index (κ3) is 3.07. The van der Waals surface area contributed by atoms with Crippen LogP contribution in [-0.2, 0) is 10.0 Å². The maximum Gasteiger partial charge on any atom is 0.264 e. The quantitative estimate of drug-likeness (QED) is 0.822. The molecule has 1 aromatic heterocycles. The van der Waals surface area contributed by atoms with Crippen LogP contribution in [-0.4, -0.2) is 13.4 Å². The summed E-state index contributed by atoms with van der Waals surface area (Å²) in [5.74, 6) is 0.161. The monoisotopic (exact) mass is 352 g/mol. The summed E-state index contributed by atoms with van der Waals surface area (Å²) < 4.78 is 27.5. The number of nitriles is 1. The molecule has 0 saturated heterocycles. The van der Waals surface area contributed by atoms with E-state index in [1.54, 1.807) is 6.07 Å². The lowest BCUT2D eigenvalue weighted by Gasteiger charge is -2.09. The van der Waals surface area contributed by atoms with E-state index < -0.39 is 10.0 Å². The molecule has 2 rings (SSSR count). The van der Waals surface area contributed by atoms with Crippen LogP contribution in [0.3, 0.4) is 0 Å². The number of hydrogen-bond acceptors (Lipinski definition) is 5. The fourth-order valence-electron chi connectivity index (χ4n) is 1.50. The van der Waals surface area contributed by atoms with Crippen molar-refractivity contribution in [2.24, 2.45) is 0 Å². The Bertz CT molecular complexity index is 782. The second-order valence-corrected chi connectivity index (χ2v) is 6.40. The van der Waals surface area contributed by atoms with Crippen LogP contribution in [0.2, 0.25) is 0 Å². The van der Waals surface area contributed by atoms with E-state index in [0.717, 1.165) is 4.47 Å². The molecule has 3 N–H and O–H groups in total. The Morgan fingerprint density at radius 1 is 1.30 bits per heavy atom. The molecule has 0 bridgehead atoms. The summed E-state index contributed by atoms with van der Waals surface area (Å²) in [6.45, 7) is 0. The number of rotatable bonds is 3. The van der Waals surface area contributed by atoms with Crippen LogP contribution in [0.15, 0.2) is 45.9 Å². The Balaban J connectivity index is 2.41. The van der Waals surface area contributed by atoms with E-state index in [-0.39, 0.29) is 16.3 Å². The molecule has 20 heavy (non-hydrogen) atoms. The molecule has 0 aliphatic carbocycles. The second-order valence-electron chi connectivity index (χ2n) is 3.83. The molecular weight excluding hydrogens is 344 g/mol. The van der Waals surface area contributed by atoms with E-state index in [0.29, 0.717) is 5.69 Å². The van der Waals surface area contributed by atoms with Gasteiger partial charge in [-0.2, -0.15) is 5.26 Å². The molecule has 0 atom stereocenters. The summed E-state index contributed by atoms with van der Waals surface area (Å²) in [7, 11) is -3.89. The highest BCUT2D eigenvalue weighted by molar-refractivity contribution is 9.10. The Morgan fingerprint density at radius 3 is 2.65 bits per heavy atom. The highest BCUT2D eigenvalue weighted by atomic mass is 79.9. The number of nitrogen functional groups attached to an aromatic ring is 1. The van der Waals surface area contributed by atoms with Crippen LogP contribution in [0.4, 0.5) is 11.5 Å². The zero-order valence-electron chi connectivity index (χ0n) is 10.0. The van der Waals surface area contributed by atoms with Crippen molar-refractivity contribution in [1.82, 2.24) is 4.98 Å². The first-order valence-corrected chi connectivity index (χ1v) is 7.64. The van der Waals surface area contributed by atoms with E-state index in [1.165, 1.54) is 30.5 Å². The van der Waals surface area contributed by atoms with Gasteiger partial charge in [-0.25, -0.2) is 13.4 Å². The lowest BCUT2D eigenvalue weighted by molar-refractivity contribution is 0.601. The molecule has 0 aliphatic rings. The number of pyridine rings is 1. The summed E-state index contributed by atoms with van der Waals surface area (Å²) in [6.07, 6.45) is 1.46. The van der Waals surface area contributed by atoms with Gasteiger partial charge in [-0.1, -0.05) is 0 Å². The number of nitrogens with zero attached hydrogens (tertiary/aromatic N) is 2. The molecule has 0 spiro atoms. The Morgan fingerprint density at radius 2 is 2.05 bits per heavy atom. The topological polar surface area (TPSA) is 109 Å². The average Bonchev–Trinajstić information content (AvgIpc) is 2.40. The van der Waals surface area contributed by atoms with Gasteiger partial charge in [-0.05, 0) is 46.3 Å². The lowest BCUT2D eigenvalue weighted by atomic mass is 10.2. The lowest BCUT2D eigenvalue weighted by Crippen LogP contribution is -2.15. The van der Waals surface area contributed by atoms with Crippen LogP contribution in [0.1, 0.15) is 5.56 Å². The highest BCUT2D eigenvalue weighted by Gasteiger charge is 2.19. The normalized spacial score (nSPS) is 10.8. The van der Waals surface area contributed by atoms with Crippen LogP contribution in [0.25, 0.3) is 0 Å². The third-order valence-electron chi connectivity index (χ3n) is 2.38. The Kier molecular flexibility index (Phi) is 3.92. The van der Waals surface area contributed by atoms with E-state index >= 15 is 0 Å². The van der Waals surface area contributed by atoms with Crippen LogP contribution in [0.5, 0.6) is 0 Å². The largest absolute Gasteiger partial charge is 0.399 e. The Hall–Kier alpha value is -2.11. The molecule has 0 fully saturated rings. The first-order chi connectivity index (χ1) is 9.42. The molecule has 2 aromatic rings. The number of nitrogens with one attached hydrogen (secondary N) is 1. The van der Waals surface area contributed by atoms with Crippen molar-refractivity contribution in [3.63, 3.8) is 0 Å². The van der Waals surface area contributed by atoms with Crippen LogP contribution in [0, 0.1) is 11.3 Å². The van der Waals surface area contributed by atoms with Crippen molar-refractivity contribution >= 4 is 37.5 Å². The smallest absolute Gasteiger partial charge is 0.264 e. The van der Waals surface area contributed by atoms with E-state index in [9.17, 15) is 8.42 Å². The highest BCUT2D eigenvalue weighted by Crippen LogP contribution is 2.21. The predicted octanol–water partition coefficient (Wildman–Crippen LogP) is 2.10. The molecule has 6 nitrogen and oxygen atoms in total. The zero-order chi connectivity index (χ0) is 14.8. The van der Waals surface area contributed by atoms with Crippen molar-refractivity contribution < 1.29 is 8.42 Å². The second kappa shape index (κ2) is 5.48. The van der Waals surface area contributed by atoms with Gasteiger partial charge < -0.3 is 5.73 Å². The van der Waals surface area contributed by atoms with Crippen molar-refractivity contribution in [2.75, 3.05) is 10.5 Å². The predicted molar refractivity (Wildman–Crippen MR) is 78.3 cm³/mol. The number of hydrogen-bond donors (Lipinski definition) is 2. The van der Waals surface area contributed by atoms with Gasteiger partial charge in [0.15, 0.2) is 0 Å². The van der Waals surface area contributed by atoms with Gasteiger partial charge in [0, 0.05) is 16.4 Å². The molecule has 8 heteroatoms. The number of anilines is 2. The molecular formula is C12H9BrN4O2S. The fraction of sp³-hybridized carbons (Fsp3) is 0. The minimum atomic E-state index is -3.89. The van der Waals surface area contributed by atoms with Gasteiger partial charge >= 0.3 is 0 Å². The van der Waals surface area contributed by atoms with Gasteiger partial charge in [0.05, 0.1) is 5.56 Å². The summed E-state index contributed by atoms with van der Waals surface area (Å²) in [6, 6.07) is 8.98. The average molecular weight is 353 g/mol. The first kappa shape index (κ1) is 14.3. The van der Waals surface area contributed by atoms with Gasteiger partial charge in [0.25, 0.3) is 10.0 Å². The van der Waals surface area contributed by atoms with E-state index in [2.05, 4.69) is 25.6 Å². The van der Waals surface area contributed by atoms with Crippen molar-refractivity contribution in [3.05, 3.63) is 46.6 Å². The summed E-state index contributed by atoms with van der Waals surface area (Å²) in [5.41, 5.74) is 5.83. The minimum absolute atomic E-state index is 0.0189. The SMILES string of the molecule is N#Cc1cc(N)ccc1S(=O)(=O)Nc1ccc(Br)cn1. The Labute approximate surface area is 124 Å². The van der Waals surface area contributed by atoms with Gasteiger partial charge in [-0.3, -0.25) is 4.72 Å². The summed E-state index contributed by atoms with van der Waals surface area (Å²) in [5, 5.41) is 8.99. The molecule has 0 saturated carbocycles. The van der Waals surface area contributed by atoms with Crippen molar-refractivity contribution in [2.45, 2.75) is 4.90 Å². The molecule has 1 aromatic carbocycles.